The summed E-state index contributed by atoms with van der Waals surface area (Å²) in [6.45, 7) is 6.61. The second kappa shape index (κ2) is 6.68. The maximum absolute atomic E-state index is 12.0. The fourth-order valence-electron chi connectivity index (χ4n) is 2.01. The average Bonchev–Trinajstić information content (AvgIpc) is 2.38. The van der Waals surface area contributed by atoms with E-state index in [2.05, 4.69) is 46.7 Å². The minimum absolute atomic E-state index is 0.0506. The summed E-state index contributed by atoms with van der Waals surface area (Å²) in [7, 11) is 0. The van der Waals surface area contributed by atoms with E-state index in [0.717, 1.165) is 30.1 Å². The highest BCUT2D eigenvalue weighted by Crippen LogP contribution is 2.43. The van der Waals surface area contributed by atoms with Crippen LogP contribution < -0.4 is 5.56 Å². The van der Waals surface area contributed by atoms with Gasteiger partial charge in [0, 0.05) is 16.3 Å². The predicted octanol–water partition coefficient (Wildman–Crippen LogP) is 3.78. The summed E-state index contributed by atoms with van der Waals surface area (Å²) < 4.78 is 0.591. The van der Waals surface area contributed by atoms with E-state index in [1.807, 2.05) is 23.5 Å². The van der Waals surface area contributed by atoms with Gasteiger partial charge in [0.1, 0.15) is 10.3 Å². The molecular formula is C13H19BrN2OS2. The summed E-state index contributed by atoms with van der Waals surface area (Å²) >= 11 is 7.23. The average molecular weight is 363 g/mol. The molecule has 1 aromatic heterocycles. The Morgan fingerprint density at radius 2 is 2.16 bits per heavy atom. The van der Waals surface area contributed by atoms with Crippen LogP contribution in [0, 0.1) is 0 Å². The largest absolute Gasteiger partial charge is 0.309 e. The highest BCUT2D eigenvalue weighted by molar-refractivity contribution is 9.10. The van der Waals surface area contributed by atoms with Crippen molar-refractivity contribution in [2.24, 2.45) is 0 Å². The zero-order valence-electron chi connectivity index (χ0n) is 11.4. The van der Waals surface area contributed by atoms with E-state index in [0.29, 0.717) is 20.2 Å². The Bertz CT molecular complexity index is 506. The molecule has 2 rings (SSSR count). The predicted molar refractivity (Wildman–Crippen MR) is 88.3 cm³/mol. The number of nitrogens with zero attached hydrogens (tertiary/aromatic N) is 1. The Labute approximate surface area is 130 Å². The van der Waals surface area contributed by atoms with Crippen LogP contribution in [0.5, 0.6) is 0 Å². The molecule has 3 nitrogen and oxygen atoms in total. The summed E-state index contributed by atoms with van der Waals surface area (Å²) in [5, 5.41) is 1.55. The fraction of sp³-hybridized carbons (Fsp3) is 0.692. The molecule has 1 aliphatic rings. The molecule has 0 spiro atoms. The van der Waals surface area contributed by atoms with Crippen molar-refractivity contribution < 1.29 is 0 Å². The van der Waals surface area contributed by atoms with Crippen molar-refractivity contribution in [1.82, 2.24) is 9.97 Å². The van der Waals surface area contributed by atoms with Crippen LogP contribution in [-0.4, -0.2) is 26.2 Å². The first-order chi connectivity index (χ1) is 9.02. The van der Waals surface area contributed by atoms with E-state index in [1.54, 1.807) is 0 Å². The number of aromatic amines is 1. The van der Waals surface area contributed by atoms with Crippen molar-refractivity contribution in [3.63, 3.8) is 0 Å². The Balaban J connectivity index is 2.27. The number of thioether (sulfide) groups is 2. The van der Waals surface area contributed by atoms with Gasteiger partial charge in [-0.25, -0.2) is 4.98 Å². The monoisotopic (exact) mass is 362 g/mol. The van der Waals surface area contributed by atoms with Gasteiger partial charge < -0.3 is 4.98 Å². The molecule has 2 heterocycles. The number of H-pyrrole nitrogens is 1. The van der Waals surface area contributed by atoms with Crippen LogP contribution in [0.2, 0.25) is 0 Å². The topological polar surface area (TPSA) is 45.8 Å². The maximum Gasteiger partial charge on any atom is 0.265 e. The zero-order chi connectivity index (χ0) is 14.0. The van der Waals surface area contributed by atoms with Gasteiger partial charge in [-0.2, -0.15) is 11.8 Å². The van der Waals surface area contributed by atoms with E-state index >= 15 is 0 Å². The van der Waals surface area contributed by atoms with Gasteiger partial charge in [0.15, 0.2) is 0 Å². The molecule has 1 aliphatic heterocycles. The Kier molecular flexibility index (Phi) is 5.43. The van der Waals surface area contributed by atoms with Crippen molar-refractivity contribution in [1.29, 1.82) is 0 Å². The summed E-state index contributed by atoms with van der Waals surface area (Å²) in [5.41, 5.74) is 0.837. The highest BCUT2D eigenvalue weighted by Gasteiger charge is 2.28. The molecule has 0 amide bonds. The highest BCUT2D eigenvalue weighted by atomic mass is 79.9. The lowest BCUT2D eigenvalue weighted by atomic mass is 10.2. The minimum atomic E-state index is -0.0506. The molecule has 106 valence electrons. The van der Waals surface area contributed by atoms with Crippen LogP contribution in [0.25, 0.3) is 0 Å². The molecule has 0 radical (unpaired) electrons. The lowest BCUT2D eigenvalue weighted by Gasteiger charge is -2.30. The van der Waals surface area contributed by atoms with Gasteiger partial charge in [-0.1, -0.05) is 27.2 Å². The van der Waals surface area contributed by atoms with E-state index < -0.39 is 0 Å². The van der Waals surface area contributed by atoms with Gasteiger partial charge >= 0.3 is 0 Å². The van der Waals surface area contributed by atoms with Gasteiger partial charge in [0.25, 0.3) is 5.56 Å². The molecule has 1 fully saturated rings. The Morgan fingerprint density at radius 3 is 2.79 bits per heavy atom. The van der Waals surface area contributed by atoms with Gasteiger partial charge in [0.2, 0.25) is 0 Å². The molecule has 19 heavy (non-hydrogen) atoms. The lowest BCUT2D eigenvalue weighted by molar-refractivity contribution is 0.799. The Hall–Kier alpha value is 0.0600. The number of nitrogens with one attached hydrogen (secondary N) is 1. The molecule has 1 saturated heterocycles. The van der Waals surface area contributed by atoms with E-state index in [1.165, 1.54) is 0 Å². The molecule has 1 N–H and O–H groups in total. The van der Waals surface area contributed by atoms with Crippen molar-refractivity contribution in [3.8, 4) is 0 Å². The van der Waals surface area contributed by atoms with E-state index in [9.17, 15) is 4.79 Å². The van der Waals surface area contributed by atoms with Crippen molar-refractivity contribution in [2.45, 2.75) is 49.4 Å². The summed E-state index contributed by atoms with van der Waals surface area (Å²) in [5.74, 6) is 1.86. The Morgan fingerprint density at radius 1 is 1.42 bits per heavy atom. The van der Waals surface area contributed by atoms with Crippen molar-refractivity contribution in [2.75, 3.05) is 5.75 Å². The first-order valence-electron chi connectivity index (χ1n) is 6.58. The third-order valence-electron chi connectivity index (χ3n) is 3.29. The lowest BCUT2D eigenvalue weighted by Crippen LogP contribution is -2.25. The van der Waals surface area contributed by atoms with E-state index in [4.69, 9.17) is 0 Å². The minimum Gasteiger partial charge on any atom is -0.309 e. The first-order valence-corrected chi connectivity index (χ1v) is 9.37. The van der Waals surface area contributed by atoms with E-state index in [-0.39, 0.29) is 5.56 Å². The SMILES string of the molecule is CCCc1nc(C2CSC(C)C(C)S2)[nH]c(=O)c1Br. The maximum atomic E-state index is 12.0. The number of aryl methyl sites for hydroxylation is 1. The van der Waals surface area contributed by atoms with Crippen LogP contribution in [0.4, 0.5) is 0 Å². The van der Waals surface area contributed by atoms with Gasteiger partial charge in [-0.3, -0.25) is 4.79 Å². The molecule has 6 heteroatoms. The van der Waals surface area contributed by atoms with Crippen molar-refractivity contribution in [3.05, 3.63) is 26.3 Å². The number of aromatic nitrogens is 2. The van der Waals surface area contributed by atoms with Crippen LogP contribution in [0.3, 0.4) is 0 Å². The van der Waals surface area contributed by atoms with Crippen LogP contribution >= 0.6 is 39.5 Å². The molecule has 0 bridgehead atoms. The molecular weight excluding hydrogens is 344 g/mol. The standard InChI is InChI=1S/C13H19BrN2OS2/c1-4-5-9-11(14)13(17)16-12(15-9)10-6-18-7(2)8(3)19-10/h7-8,10H,4-6H2,1-3H3,(H,15,16,17). The molecule has 3 unspecified atom stereocenters. The molecule has 1 aromatic rings. The van der Waals surface area contributed by atoms with Crippen LogP contribution in [0.15, 0.2) is 9.27 Å². The van der Waals surface area contributed by atoms with Gasteiger partial charge in [-0.05, 0) is 22.4 Å². The molecule has 0 aliphatic carbocycles. The van der Waals surface area contributed by atoms with Crippen LogP contribution in [0.1, 0.15) is 44.0 Å². The molecule has 0 saturated carbocycles. The van der Waals surface area contributed by atoms with Crippen molar-refractivity contribution >= 4 is 39.5 Å². The summed E-state index contributed by atoms with van der Waals surface area (Å²) in [6, 6.07) is 0. The number of hydrogen-bond acceptors (Lipinski definition) is 4. The third-order valence-corrected chi connectivity index (χ3v) is 7.51. The van der Waals surface area contributed by atoms with Crippen LogP contribution in [-0.2, 0) is 6.42 Å². The first kappa shape index (κ1) is 15.4. The molecule has 0 aromatic carbocycles. The van der Waals surface area contributed by atoms with Gasteiger partial charge in [-0.15, -0.1) is 11.8 Å². The number of hydrogen-bond donors (Lipinski definition) is 1. The summed E-state index contributed by atoms with van der Waals surface area (Å²) in [6.07, 6.45) is 1.84. The second-order valence-corrected chi connectivity index (χ2v) is 8.62. The van der Waals surface area contributed by atoms with Gasteiger partial charge in [0.05, 0.1) is 10.9 Å². The number of halogens is 1. The quantitative estimate of drug-likeness (QED) is 0.888. The summed E-state index contributed by atoms with van der Waals surface area (Å²) in [4.78, 5) is 19.6. The zero-order valence-corrected chi connectivity index (χ0v) is 14.6. The smallest absolute Gasteiger partial charge is 0.265 e. The third kappa shape index (κ3) is 3.58. The number of rotatable bonds is 3. The molecule has 3 atom stereocenters. The normalized spacial score (nSPS) is 27.5. The second-order valence-electron chi connectivity index (χ2n) is 4.83. The fourth-order valence-corrected chi connectivity index (χ4v) is 5.26.